The predicted molar refractivity (Wildman–Crippen MR) is 84.2 cm³/mol. The second-order valence-electron chi connectivity index (χ2n) is 4.86. The normalized spacial score (nSPS) is 12.3. The van der Waals surface area contributed by atoms with Crippen LogP contribution in [0.4, 0.5) is 5.69 Å². The van der Waals surface area contributed by atoms with Gasteiger partial charge in [-0.25, -0.2) is 4.98 Å². The minimum Gasteiger partial charge on any atom is -0.371 e. The van der Waals surface area contributed by atoms with Crippen molar-refractivity contribution in [2.75, 3.05) is 5.32 Å². The average molecular weight is 283 g/mol. The van der Waals surface area contributed by atoms with Crippen LogP contribution >= 0.6 is 11.3 Å². The maximum atomic E-state index is 4.50. The Labute approximate surface area is 122 Å². The second kappa shape index (κ2) is 5.51. The lowest BCUT2D eigenvalue weighted by atomic mass is 10.1. The summed E-state index contributed by atoms with van der Waals surface area (Å²) in [6.45, 7) is 2.10. The van der Waals surface area contributed by atoms with Crippen LogP contribution in [0.1, 0.15) is 22.3 Å². The summed E-state index contributed by atoms with van der Waals surface area (Å²) in [5.41, 5.74) is 2.37. The Balaban J connectivity index is 1.97. The van der Waals surface area contributed by atoms with Crippen LogP contribution in [0, 0.1) is 6.92 Å². The Morgan fingerprint density at radius 3 is 2.80 bits per heavy atom. The van der Waals surface area contributed by atoms with E-state index < -0.39 is 0 Å². The van der Waals surface area contributed by atoms with Crippen LogP contribution in [-0.4, -0.2) is 9.55 Å². The van der Waals surface area contributed by atoms with Gasteiger partial charge in [-0.2, -0.15) is 0 Å². The molecular weight excluding hydrogens is 266 g/mol. The van der Waals surface area contributed by atoms with Gasteiger partial charge in [0.05, 0.1) is 0 Å². The number of anilines is 1. The summed E-state index contributed by atoms with van der Waals surface area (Å²) < 4.78 is 2.06. The first-order chi connectivity index (χ1) is 9.74. The first-order valence-corrected chi connectivity index (χ1v) is 7.46. The van der Waals surface area contributed by atoms with Crippen molar-refractivity contribution < 1.29 is 0 Å². The van der Waals surface area contributed by atoms with Gasteiger partial charge in [0.15, 0.2) is 0 Å². The standard InChI is InChI=1S/C16H17N3S/c1-12-5-3-6-13(11-12)18-15(14-7-4-10-20-14)16-17-8-9-19(16)2/h3-11,15,18H,1-2H3. The zero-order valence-electron chi connectivity index (χ0n) is 11.6. The van der Waals surface area contributed by atoms with E-state index in [-0.39, 0.29) is 6.04 Å². The van der Waals surface area contributed by atoms with Crippen LogP contribution in [-0.2, 0) is 7.05 Å². The summed E-state index contributed by atoms with van der Waals surface area (Å²) >= 11 is 1.75. The lowest BCUT2D eigenvalue weighted by molar-refractivity contribution is 0.756. The summed E-state index contributed by atoms with van der Waals surface area (Å²) in [6, 6.07) is 12.7. The van der Waals surface area contributed by atoms with Crippen LogP contribution in [0.3, 0.4) is 0 Å². The van der Waals surface area contributed by atoms with Gasteiger partial charge in [-0.05, 0) is 36.1 Å². The van der Waals surface area contributed by atoms with Crippen molar-refractivity contribution in [1.29, 1.82) is 0 Å². The fraction of sp³-hybridized carbons (Fsp3) is 0.188. The van der Waals surface area contributed by atoms with Crippen molar-refractivity contribution >= 4 is 17.0 Å². The molecule has 2 heterocycles. The third-order valence-corrected chi connectivity index (χ3v) is 4.21. The van der Waals surface area contributed by atoms with Gasteiger partial charge in [-0.3, -0.25) is 0 Å². The highest BCUT2D eigenvalue weighted by Gasteiger charge is 2.19. The molecule has 102 valence electrons. The average Bonchev–Trinajstić information content (AvgIpc) is 3.07. The molecule has 4 heteroatoms. The van der Waals surface area contributed by atoms with Crippen molar-refractivity contribution in [3.05, 3.63) is 70.4 Å². The topological polar surface area (TPSA) is 29.9 Å². The maximum Gasteiger partial charge on any atom is 0.136 e. The van der Waals surface area contributed by atoms with Gasteiger partial charge in [0, 0.05) is 30.0 Å². The van der Waals surface area contributed by atoms with Gasteiger partial charge in [-0.1, -0.05) is 18.2 Å². The Morgan fingerprint density at radius 2 is 2.15 bits per heavy atom. The molecule has 0 amide bonds. The number of nitrogens with zero attached hydrogens (tertiary/aromatic N) is 2. The molecule has 3 aromatic rings. The lowest BCUT2D eigenvalue weighted by Gasteiger charge is -2.19. The van der Waals surface area contributed by atoms with Crippen molar-refractivity contribution in [3.63, 3.8) is 0 Å². The highest BCUT2D eigenvalue weighted by atomic mass is 32.1. The molecule has 1 aromatic carbocycles. The largest absolute Gasteiger partial charge is 0.371 e. The zero-order valence-corrected chi connectivity index (χ0v) is 12.4. The Morgan fingerprint density at radius 1 is 1.25 bits per heavy atom. The molecule has 1 unspecified atom stereocenters. The molecule has 2 aromatic heterocycles. The van der Waals surface area contributed by atoms with Gasteiger partial charge < -0.3 is 9.88 Å². The Kier molecular flexibility index (Phi) is 3.56. The van der Waals surface area contributed by atoms with Crippen molar-refractivity contribution in [2.24, 2.45) is 7.05 Å². The smallest absolute Gasteiger partial charge is 0.136 e. The van der Waals surface area contributed by atoms with Crippen LogP contribution in [0.25, 0.3) is 0 Å². The fourth-order valence-electron chi connectivity index (χ4n) is 2.28. The highest BCUT2D eigenvalue weighted by Crippen LogP contribution is 2.28. The lowest BCUT2D eigenvalue weighted by Crippen LogP contribution is -2.15. The number of benzene rings is 1. The molecule has 0 radical (unpaired) electrons. The summed E-state index contributed by atoms with van der Waals surface area (Å²) in [6.07, 6.45) is 3.82. The van der Waals surface area contributed by atoms with E-state index in [0.717, 1.165) is 11.5 Å². The third-order valence-electron chi connectivity index (χ3n) is 3.27. The molecule has 3 nitrogen and oxygen atoms in total. The van der Waals surface area contributed by atoms with E-state index in [1.54, 1.807) is 11.3 Å². The summed E-state index contributed by atoms with van der Waals surface area (Å²) in [5.74, 6) is 1.02. The number of thiophene rings is 1. The van der Waals surface area contributed by atoms with E-state index in [4.69, 9.17) is 0 Å². The van der Waals surface area contributed by atoms with Crippen LogP contribution in [0.2, 0.25) is 0 Å². The summed E-state index contributed by atoms with van der Waals surface area (Å²) in [7, 11) is 2.03. The van der Waals surface area contributed by atoms with E-state index in [2.05, 4.69) is 63.6 Å². The SMILES string of the molecule is Cc1cccc(NC(c2cccs2)c2nccn2C)c1. The number of aromatic nitrogens is 2. The maximum absolute atomic E-state index is 4.50. The van der Waals surface area contributed by atoms with Gasteiger partial charge in [0.2, 0.25) is 0 Å². The molecule has 1 N–H and O–H groups in total. The number of rotatable bonds is 4. The molecule has 0 bridgehead atoms. The molecular formula is C16H17N3S. The van der Waals surface area contributed by atoms with Gasteiger partial charge in [0.1, 0.15) is 11.9 Å². The number of hydrogen-bond acceptors (Lipinski definition) is 3. The van der Waals surface area contributed by atoms with Crippen LogP contribution in [0.15, 0.2) is 54.2 Å². The molecule has 0 aliphatic rings. The molecule has 0 saturated heterocycles. The van der Waals surface area contributed by atoms with E-state index >= 15 is 0 Å². The van der Waals surface area contributed by atoms with Crippen molar-refractivity contribution in [3.8, 4) is 0 Å². The molecule has 1 atom stereocenters. The predicted octanol–water partition coefficient (Wildman–Crippen LogP) is 3.99. The first kappa shape index (κ1) is 12.9. The Bertz CT molecular complexity index is 685. The van der Waals surface area contributed by atoms with Gasteiger partial charge in [-0.15, -0.1) is 11.3 Å². The molecule has 0 aliphatic carbocycles. The van der Waals surface area contributed by atoms with E-state index in [9.17, 15) is 0 Å². The molecule has 0 fully saturated rings. The molecule has 0 aliphatic heterocycles. The quantitative estimate of drug-likeness (QED) is 0.784. The van der Waals surface area contributed by atoms with Crippen LogP contribution in [0.5, 0.6) is 0 Å². The number of hydrogen-bond donors (Lipinski definition) is 1. The van der Waals surface area contributed by atoms with Gasteiger partial charge in [0.25, 0.3) is 0 Å². The fourth-order valence-corrected chi connectivity index (χ4v) is 3.05. The monoisotopic (exact) mass is 283 g/mol. The van der Waals surface area contributed by atoms with Crippen molar-refractivity contribution in [2.45, 2.75) is 13.0 Å². The molecule has 0 saturated carbocycles. The number of aryl methyl sites for hydroxylation is 2. The summed E-state index contributed by atoms with van der Waals surface area (Å²) in [5, 5.41) is 5.69. The Hall–Kier alpha value is -2.07. The molecule has 3 rings (SSSR count). The molecule has 0 spiro atoms. The minimum atomic E-state index is 0.0804. The van der Waals surface area contributed by atoms with E-state index in [0.29, 0.717) is 0 Å². The highest BCUT2D eigenvalue weighted by molar-refractivity contribution is 7.10. The zero-order chi connectivity index (χ0) is 13.9. The first-order valence-electron chi connectivity index (χ1n) is 6.58. The van der Waals surface area contributed by atoms with E-state index in [1.807, 2.05) is 19.4 Å². The third kappa shape index (κ3) is 2.60. The number of nitrogens with one attached hydrogen (secondary N) is 1. The van der Waals surface area contributed by atoms with E-state index in [1.165, 1.54) is 10.4 Å². The minimum absolute atomic E-state index is 0.0804. The summed E-state index contributed by atoms with van der Waals surface area (Å²) in [4.78, 5) is 5.76. The van der Waals surface area contributed by atoms with Crippen LogP contribution < -0.4 is 5.32 Å². The second-order valence-corrected chi connectivity index (χ2v) is 5.84. The molecule has 20 heavy (non-hydrogen) atoms. The van der Waals surface area contributed by atoms with Gasteiger partial charge >= 0.3 is 0 Å². The van der Waals surface area contributed by atoms with Crippen molar-refractivity contribution in [1.82, 2.24) is 9.55 Å². The number of imidazole rings is 1.